The maximum absolute atomic E-state index is 11.5. The number of aryl methyl sites for hydroxylation is 1. The lowest BCUT2D eigenvalue weighted by Crippen LogP contribution is -2.14. The summed E-state index contributed by atoms with van der Waals surface area (Å²) >= 11 is 3.28. The van der Waals surface area contributed by atoms with Crippen LogP contribution in [-0.4, -0.2) is 17.0 Å². The summed E-state index contributed by atoms with van der Waals surface area (Å²) in [6.45, 7) is 1.72. The Kier molecular flexibility index (Phi) is 4.28. The maximum Gasteiger partial charge on any atom is 0.336 e. The molecule has 4 N–H and O–H groups in total. The molecule has 6 heteroatoms. The van der Waals surface area contributed by atoms with Crippen molar-refractivity contribution >= 4 is 39.2 Å². The molecule has 108 valence electrons. The Morgan fingerprint density at radius 1 is 1.24 bits per heavy atom. The average Bonchev–Trinajstić information content (AvgIpc) is 2.40. The molecule has 21 heavy (non-hydrogen) atoms. The van der Waals surface area contributed by atoms with Gasteiger partial charge in [-0.25, -0.2) is 4.79 Å². The van der Waals surface area contributed by atoms with Crippen molar-refractivity contribution in [3.8, 4) is 0 Å². The molecule has 0 aliphatic heterocycles. The summed E-state index contributed by atoms with van der Waals surface area (Å²) in [5.74, 6) is -1.57. The van der Waals surface area contributed by atoms with Gasteiger partial charge in [0.05, 0.1) is 16.8 Å². The molecule has 0 aliphatic carbocycles. The van der Waals surface area contributed by atoms with Crippen molar-refractivity contribution in [2.75, 3.05) is 5.32 Å². The van der Waals surface area contributed by atoms with Crippen molar-refractivity contribution < 1.29 is 14.7 Å². The minimum Gasteiger partial charge on any atom is -0.478 e. The molecule has 5 nitrogen and oxygen atoms in total. The number of primary amides is 1. The summed E-state index contributed by atoms with van der Waals surface area (Å²) in [5.41, 5.74) is 7.63. The van der Waals surface area contributed by atoms with Gasteiger partial charge in [0.1, 0.15) is 0 Å². The molecule has 0 aliphatic rings. The van der Waals surface area contributed by atoms with E-state index in [0.717, 1.165) is 0 Å². The zero-order valence-corrected chi connectivity index (χ0v) is 12.8. The van der Waals surface area contributed by atoms with E-state index < -0.39 is 11.9 Å². The third kappa shape index (κ3) is 3.22. The summed E-state index contributed by atoms with van der Waals surface area (Å²) < 4.78 is 0.575. The number of carboxylic acids is 1. The van der Waals surface area contributed by atoms with Gasteiger partial charge < -0.3 is 16.2 Å². The monoisotopic (exact) mass is 348 g/mol. The summed E-state index contributed by atoms with van der Waals surface area (Å²) in [6, 6.07) is 10.1. The molecule has 0 radical (unpaired) electrons. The van der Waals surface area contributed by atoms with E-state index in [1.165, 1.54) is 6.07 Å². The Hall–Kier alpha value is -2.34. The van der Waals surface area contributed by atoms with Crippen LogP contribution in [0.4, 0.5) is 11.4 Å². The van der Waals surface area contributed by atoms with E-state index in [2.05, 4.69) is 21.2 Å². The summed E-state index contributed by atoms with van der Waals surface area (Å²) in [5, 5.41) is 12.2. The first-order valence-electron chi connectivity index (χ1n) is 6.09. The molecule has 2 aromatic carbocycles. The predicted octanol–water partition coefficient (Wildman–Crippen LogP) is 3.30. The molecule has 0 spiro atoms. The van der Waals surface area contributed by atoms with E-state index in [-0.39, 0.29) is 5.56 Å². The van der Waals surface area contributed by atoms with Crippen molar-refractivity contribution in [2.24, 2.45) is 5.73 Å². The van der Waals surface area contributed by atoms with Crippen molar-refractivity contribution in [1.82, 2.24) is 0 Å². The fraction of sp³-hybridized carbons (Fsp3) is 0.0667. The number of anilines is 2. The van der Waals surface area contributed by atoms with Gasteiger partial charge in [-0.2, -0.15) is 0 Å². The predicted molar refractivity (Wildman–Crippen MR) is 84.1 cm³/mol. The number of hydrogen-bond donors (Lipinski definition) is 3. The van der Waals surface area contributed by atoms with E-state index >= 15 is 0 Å². The number of nitrogens with two attached hydrogens (primary N) is 1. The number of rotatable bonds is 4. The quantitative estimate of drug-likeness (QED) is 0.790. The van der Waals surface area contributed by atoms with Gasteiger partial charge in [0.15, 0.2) is 0 Å². The summed E-state index contributed by atoms with van der Waals surface area (Å²) in [4.78, 5) is 22.7. The lowest BCUT2D eigenvalue weighted by Gasteiger charge is -2.12. The highest BCUT2D eigenvalue weighted by atomic mass is 79.9. The molecular formula is C15H13BrN2O3. The Bertz CT molecular complexity index is 729. The molecule has 0 atom stereocenters. The number of aromatic carboxylic acids is 1. The highest BCUT2D eigenvalue weighted by Gasteiger charge is 2.13. The first kappa shape index (κ1) is 15.1. The average molecular weight is 349 g/mol. The van der Waals surface area contributed by atoms with Crippen LogP contribution in [0.15, 0.2) is 40.9 Å². The van der Waals surface area contributed by atoms with Crippen LogP contribution in [0.25, 0.3) is 0 Å². The smallest absolute Gasteiger partial charge is 0.336 e. The Morgan fingerprint density at radius 2 is 1.95 bits per heavy atom. The molecule has 0 aromatic heterocycles. The van der Waals surface area contributed by atoms with Crippen molar-refractivity contribution in [2.45, 2.75) is 6.92 Å². The van der Waals surface area contributed by atoms with Crippen molar-refractivity contribution in [3.05, 3.63) is 57.6 Å². The number of amides is 1. The van der Waals surface area contributed by atoms with Crippen LogP contribution in [0.3, 0.4) is 0 Å². The zero-order chi connectivity index (χ0) is 15.6. The molecule has 2 rings (SSSR count). The third-order valence-electron chi connectivity index (χ3n) is 3.01. The molecule has 1 amide bonds. The van der Waals surface area contributed by atoms with Crippen molar-refractivity contribution in [3.63, 3.8) is 0 Å². The van der Waals surface area contributed by atoms with Gasteiger partial charge in [-0.15, -0.1) is 0 Å². The van der Waals surface area contributed by atoms with Crippen LogP contribution in [-0.2, 0) is 0 Å². The Morgan fingerprint density at radius 3 is 2.57 bits per heavy atom. The number of hydrogen-bond acceptors (Lipinski definition) is 3. The number of benzene rings is 2. The van der Waals surface area contributed by atoms with Crippen LogP contribution in [0.2, 0.25) is 0 Å². The molecular weight excluding hydrogens is 336 g/mol. The molecule has 0 saturated heterocycles. The molecule has 0 heterocycles. The molecule has 2 aromatic rings. The number of halogens is 1. The minimum atomic E-state index is -1.000. The lowest BCUT2D eigenvalue weighted by molar-refractivity contribution is 0.0696. The second kappa shape index (κ2) is 5.97. The molecule has 0 unspecified atom stereocenters. The number of carbonyl (C=O) groups excluding carboxylic acids is 1. The van der Waals surface area contributed by atoms with Gasteiger partial charge in [0.2, 0.25) is 0 Å². The van der Waals surface area contributed by atoms with Gasteiger partial charge in [-0.3, -0.25) is 4.79 Å². The van der Waals surface area contributed by atoms with E-state index in [1.54, 1.807) is 37.3 Å². The van der Waals surface area contributed by atoms with Gasteiger partial charge in [0.25, 0.3) is 5.91 Å². The zero-order valence-electron chi connectivity index (χ0n) is 11.2. The van der Waals surface area contributed by atoms with Crippen LogP contribution in [0.1, 0.15) is 26.3 Å². The normalized spacial score (nSPS) is 10.2. The lowest BCUT2D eigenvalue weighted by atomic mass is 10.1. The summed E-state index contributed by atoms with van der Waals surface area (Å²) in [7, 11) is 0. The number of carboxylic acid groups (broad SMARTS) is 1. The standard InChI is InChI=1S/C15H13BrN2O3/c1-8-5-6-9(7-10(8)15(20)21)18-12-4-2-3-11(16)13(12)14(17)19/h2-7,18H,1H3,(H2,17,19)(H,20,21). The Balaban J connectivity index is 2.44. The SMILES string of the molecule is Cc1ccc(Nc2cccc(Br)c2C(N)=O)cc1C(=O)O. The van der Waals surface area contributed by atoms with Crippen LogP contribution >= 0.6 is 15.9 Å². The second-order valence-electron chi connectivity index (χ2n) is 4.49. The van der Waals surface area contributed by atoms with E-state index in [1.807, 2.05) is 0 Å². The first-order valence-corrected chi connectivity index (χ1v) is 6.88. The van der Waals surface area contributed by atoms with Gasteiger partial charge in [-0.1, -0.05) is 12.1 Å². The van der Waals surface area contributed by atoms with E-state index in [0.29, 0.717) is 27.0 Å². The highest BCUT2D eigenvalue weighted by Crippen LogP contribution is 2.28. The first-order chi connectivity index (χ1) is 9.90. The third-order valence-corrected chi connectivity index (χ3v) is 3.67. The fourth-order valence-electron chi connectivity index (χ4n) is 1.96. The van der Waals surface area contributed by atoms with E-state index in [9.17, 15) is 9.59 Å². The van der Waals surface area contributed by atoms with E-state index in [4.69, 9.17) is 10.8 Å². The van der Waals surface area contributed by atoms with Crippen molar-refractivity contribution in [1.29, 1.82) is 0 Å². The topological polar surface area (TPSA) is 92.4 Å². The maximum atomic E-state index is 11.5. The van der Waals surface area contributed by atoms with Gasteiger partial charge >= 0.3 is 5.97 Å². The van der Waals surface area contributed by atoms with Crippen LogP contribution in [0.5, 0.6) is 0 Å². The molecule has 0 fully saturated rings. The highest BCUT2D eigenvalue weighted by molar-refractivity contribution is 9.10. The fourth-order valence-corrected chi connectivity index (χ4v) is 2.53. The van der Waals surface area contributed by atoms with Gasteiger partial charge in [0, 0.05) is 10.2 Å². The van der Waals surface area contributed by atoms with Gasteiger partial charge in [-0.05, 0) is 52.7 Å². The van der Waals surface area contributed by atoms with Crippen LogP contribution < -0.4 is 11.1 Å². The molecule has 0 bridgehead atoms. The largest absolute Gasteiger partial charge is 0.478 e. The molecule has 0 saturated carbocycles. The number of carbonyl (C=O) groups is 2. The second-order valence-corrected chi connectivity index (χ2v) is 5.34. The number of nitrogens with one attached hydrogen (secondary N) is 1. The van der Waals surface area contributed by atoms with Crippen LogP contribution in [0, 0.1) is 6.92 Å². The Labute approximate surface area is 129 Å². The minimum absolute atomic E-state index is 0.204. The summed E-state index contributed by atoms with van der Waals surface area (Å²) in [6.07, 6.45) is 0.